The highest BCUT2D eigenvalue weighted by molar-refractivity contribution is 5.14. The molecule has 0 fully saturated rings. The van der Waals surface area contributed by atoms with Gasteiger partial charge in [-0.15, -0.1) is 0 Å². The van der Waals surface area contributed by atoms with Gasteiger partial charge in [-0.3, -0.25) is 4.98 Å². The summed E-state index contributed by atoms with van der Waals surface area (Å²) >= 11 is 0. The van der Waals surface area contributed by atoms with Crippen molar-refractivity contribution in [1.29, 1.82) is 0 Å². The maximum atomic E-state index is 4.54. The van der Waals surface area contributed by atoms with Gasteiger partial charge in [-0.25, -0.2) is 0 Å². The van der Waals surface area contributed by atoms with Crippen LogP contribution in [0.1, 0.15) is 51.3 Å². The van der Waals surface area contributed by atoms with Crippen LogP contribution in [0.3, 0.4) is 0 Å². The maximum absolute atomic E-state index is 4.54. The molecular weight excluding hydrogens is 208 g/mol. The number of nitrogens with one attached hydrogen (secondary N) is 1. The molecule has 0 aliphatic carbocycles. The van der Waals surface area contributed by atoms with Crippen molar-refractivity contribution in [3.63, 3.8) is 0 Å². The topological polar surface area (TPSA) is 24.9 Å². The van der Waals surface area contributed by atoms with Gasteiger partial charge in [-0.2, -0.15) is 0 Å². The summed E-state index contributed by atoms with van der Waals surface area (Å²) in [5.74, 6) is 0. The van der Waals surface area contributed by atoms with E-state index in [0.717, 1.165) is 19.4 Å². The van der Waals surface area contributed by atoms with Crippen LogP contribution in [0.4, 0.5) is 0 Å². The number of nitrogens with zero attached hydrogens (tertiary/aromatic N) is 1. The van der Waals surface area contributed by atoms with Crippen molar-refractivity contribution >= 4 is 0 Å². The Kier molecular flexibility index (Phi) is 6.87. The molecule has 1 atom stereocenters. The van der Waals surface area contributed by atoms with Crippen molar-refractivity contribution in [2.75, 3.05) is 6.54 Å². The summed E-state index contributed by atoms with van der Waals surface area (Å²) in [7, 11) is 0. The third kappa shape index (κ3) is 5.31. The van der Waals surface area contributed by atoms with Crippen molar-refractivity contribution in [2.45, 2.75) is 58.9 Å². The maximum Gasteiger partial charge on any atom is 0.0419 e. The molecule has 1 N–H and O–H groups in total. The summed E-state index contributed by atoms with van der Waals surface area (Å²) in [5, 5.41) is 3.55. The van der Waals surface area contributed by atoms with Gasteiger partial charge in [0.2, 0.25) is 0 Å². The summed E-state index contributed by atoms with van der Waals surface area (Å²) in [6.07, 6.45) is 7.95. The molecule has 0 bridgehead atoms. The highest BCUT2D eigenvalue weighted by Gasteiger charge is 2.08. The molecule has 0 aromatic carbocycles. The van der Waals surface area contributed by atoms with E-state index in [0.29, 0.717) is 6.04 Å². The lowest BCUT2D eigenvalue weighted by Crippen LogP contribution is -2.31. The average Bonchev–Trinajstić information content (AvgIpc) is 2.37. The van der Waals surface area contributed by atoms with Crippen LogP contribution in [0.25, 0.3) is 0 Å². The van der Waals surface area contributed by atoms with Crippen LogP contribution in [0.2, 0.25) is 0 Å². The Morgan fingerprint density at radius 3 is 2.59 bits per heavy atom. The SMILES string of the molecule is CCCCC(Cc1ccc(CC)cn1)NCC. The first-order valence-corrected chi connectivity index (χ1v) is 6.97. The Morgan fingerprint density at radius 1 is 1.24 bits per heavy atom. The van der Waals surface area contributed by atoms with Gasteiger partial charge >= 0.3 is 0 Å². The lowest BCUT2D eigenvalue weighted by atomic mass is 10.0. The Bertz CT molecular complexity index is 292. The summed E-state index contributed by atoms with van der Waals surface area (Å²) in [6.45, 7) is 7.63. The summed E-state index contributed by atoms with van der Waals surface area (Å²) in [5.41, 5.74) is 2.53. The quantitative estimate of drug-likeness (QED) is 0.746. The van der Waals surface area contributed by atoms with E-state index in [9.17, 15) is 0 Å². The Balaban J connectivity index is 2.51. The molecule has 0 saturated carbocycles. The van der Waals surface area contributed by atoms with Crippen LogP contribution >= 0.6 is 0 Å². The van der Waals surface area contributed by atoms with E-state index in [1.807, 2.05) is 6.20 Å². The number of aryl methyl sites for hydroxylation is 1. The van der Waals surface area contributed by atoms with Crippen LogP contribution in [0.15, 0.2) is 18.3 Å². The number of unbranched alkanes of at least 4 members (excludes halogenated alkanes) is 1. The molecule has 0 amide bonds. The van der Waals surface area contributed by atoms with Gasteiger partial charge < -0.3 is 5.32 Å². The molecule has 0 radical (unpaired) electrons. The summed E-state index contributed by atoms with van der Waals surface area (Å²) in [4.78, 5) is 4.54. The second-order valence-electron chi connectivity index (χ2n) is 4.61. The van der Waals surface area contributed by atoms with Gasteiger partial charge in [-0.05, 0) is 31.0 Å². The predicted molar refractivity (Wildman–Crippen MR) is 74.3 cm³/mol. The van der Waals surface area contributed by atoms with E-state index >= 15 is 0 Å². The molecule has 0 spiro atoms. The minimum absolute atomic E-state index is 0.583. The van der Waals surface area contributed by atoms with Gasteiger partial charge in [0.25, 0.3) is 0 Å². The molecule has 1 heterocycles. The van der Waals surface area contributed by atoms with Crippen LogP contribution in [-0.2, 0) is 12.8 Å². The third-order valence-corrected chi connectivity index (χ3v) is 3.15. The Labute approximate surface area is 106 Å². The molecule has 96 valence electrons. The number of hydrogen-bond donors (Lipinski definition) is 1. The zero-order valence-electron chi connectivity index (χ0n) is 11.5. The Morgan fingerprint density at radius 2 is 2.06 bits per heavy atom. The van der Waals surface area contributed by atoms with Gasteiger partial charge in [0, 0.05) is 24.4 Å². The van der Waals surface area contributed by atoms with E-state index in [2.05, 4.69) is 43.2 Å². The first-order valence-electron chi connectivity index (χ1n) is 6.97. The van der Waals surface area contributed by atoms with Gasteiger partial charge in [0.15, 0.2) is 0 Å². The fourth-order valence-corrected chi connectivity index (χ4v) is 2.05. The first-order chi connectivity index (χ1) is 8.30. The predicted octanol–water partition coefficient (Wildman–Crippen LogP) is 3.35. The molecule has 2 heteroatoms. The second kappa shape index (κ2) is 8.24. The van der Waals surface area contributed by atoms with E-state index in [4.69, 9.17) is 0 Å². The van der Waals surface area contributed by atoms with Gasteiger partial charge in [-0.1, -0.05) is 39.7 Å². The highest BCUT2D eigenvalue weighted by atomic mass is 14.9. The number of pyridine rings is 1. The fraction of sp³-hybridized carbons (Fsp3) is 0.667. The van der Waals surface area contributed by atoms with Crippen LogP contribution < -0.4 is 5.32 Å². The van der Waals surface area contributed by atoms with E-state index in [1.165, 1.54) is 30.5 Å². The zero-order valence-corrected chi connectivity index (χ0v) is 11.5. The monoisotopic (exact) mass is 234 g/mol. The molecule has 0 aliphatic heterocycles. The number of aromatic nitrogens is 1. The molecular formula is C15H26N2. The van der Waals surface area contributed by atoms with Gasteiger partial charge in [0.1, 0.15) is 0 Å². The number of rotatable bonds is 8. The van der Waals surface area contributed by atoms with Crippen molar-refractivity contribution in [2.24, 2.45) is 0 Å². The van der Waals surface area contributed by atoms with E-state index in [-0.39, 0.29) is 0 Å². The van der Waals surface area contributed by atoms with Crippen LogP contribution in [-0.4, -0.2) is 17.6 Å². The Hall–Kier alpha value is -0.890. The lowest BCUT2D eigenvalue weighted by Gasteiger charge is -2.17. The summed E-state index contributed by atoms with van der Waals surface area (Å²) in [6, 6.07) is 4.96. The number of hydrogen-bond acceptors (Lipinski definition) is 2. The zero-order chi connectivity index (χ0) is 12.5. The standard InChI is InChI=1S/C15H26N2/c1-4-7-8-14(16-6-3)11-15-10-9-13(5-2)12-17-15/h9-10,12,14,16H,4-8,11H2,1-3H3. The smallest absolute Gasteiger partial charge is 0.0419 e. The molecule has 17 heavy (non-hydrogen) atoms. The molecule has 0 saturated heterocycles. The first kappa shape index (κ1) is 14.2. The van der Waals surface area contributed by atoms with Gasteiger partial charge in [0.05, 0.1) is 0 Å². The van der Waals surface area contributed by atoms with Crippen molar-refractivity contribution in [3.05, 3.63) is 29.6 Å². The van der Waals surface area contributed by atoms with Crippen molar-refractivity contribution < 1.29 is 0 Å². The van der Waals surface area contributed by atoms with Crippen LogP contribution in [0, 0.1) is 0 Å². The second-order valence-corrected chi connectivity index (χ2v) is 4.61. The molecule has 1 aromatic rings. The fourth-order valence-electron chi connectivity index (χ4n) is 2.05. The lowest BCUT2D eigenvalue weighted by molar-refractivity contribution is 0.470. The highest BCUT2D eigenvalue weighted by Crippen LogP contribution is 2.08. The van der Waals surface area contributed by atoms with E-state index < -0.39 is 0 Å². The normalized spacial score (nSPS) is 12.6. The minimum Gasteiger partial charge on any atom is -0.314 e. The average molecular weight is 234 g/mol. The number of likely N-dealkylation sites (N-methyl/N-ethyl adjacent to an activating group) is 1. The largest absolute Gasteiger partial charge is 0.314 e. The molecule has 1 aromatic heterocycles. The van der Waals surface area contributed by atoms with Crippen molar-refractivity contribution in [1.82, 2.24) is 10.3 Å². The van der Waals surface area contributed by atoms with E-state index in [1.54, 1.807) is 0 Å². The molecule has 1 unspecified atom stereocenters. The third-order valence-electron chi connectivity index (χ3n) is 3.15. The molecule has 2 nitrogen and oxygen atoms in total. The molecule has 1 rings (SSSR count). The molecule has 0 aliphatic rings. The minimum atomic E-state index is 0.583. The summed E-state index contributed by atoms with van der Waals surface area (Å²) < 4.78 is 0. The van der Waals surface area contributed by atoms with Crippen LogP contribution in [0.5, 0.6) is 0 Å². The van der Waals surface area contributed by atoms with Crippen molar-refractivity contribution in [3.8, 4) is 0 Å².